The summed E-state index contributed by atoms with van der Waals surface area (Å²) in [6.45, 7) is 5.66. The average Bonchev–Trinajstić information content (AvgIpc) is 3.07. The van der Waals surface area contributed by atoms with E-state index in [-0.39, 0.29) is 5.91 Å². The van der Waals surface area contributed by atoms with Crippen LogP contribution in [0.3, 0.4) is 0 Å². The minimum Gasteiger partial charge on any atom is -0.346 e. The zero-order chi connectivity index (χ0) is 14.1. The standard InChI is InChI=1S/C15H19N3OS/c1-10-8-16-14(17-10)12-4-3-7-18(9-12)15(19)13-6-5-11(2)20-13/h5-6,8,12H,3-4,7,9H2,1-2H3,(H,16,17). The summed E-state index contributed by atoms with van der Waals surface area (Å²) in [6, 6.07) is 3.94. The van der Waals surface area contributed by atoms with E-state index in [1.165, 1.54) is 4.88 Å². The Labute approximate surface area is 122 Å². The first-order valence-electron chi connectivity index (χ1n) is 7.00. The zero-order valence-electron chi connectivity index (χ0n) is 11.8. The van der Waals surface area contributed by atoms with Crippen LogP contribution in [0.25, 0.3) is 0 Å². The lowest BCUT2D eigenvalue weighted by molar-refractivity contribution is 0.0709. The summed E-state index contributed by atoms with van der Waals surface area (Å²) < 4.78 is 0. The number of nitrogens with one attached hydrogen (secondary N) is 1. The fraction of sp³-hybridized carbons (Fsp3) is 0.467. The molecule has 5 heteroatoms. The van der Waals surface area contributed by atoms with Crippen molar-refractivity contribution in [3.8, 4) is 0 Å². The smallest absolute Gasteiger partial charge is 0.263 e. The topological polar surface area (TPSA) is 49.0 Å². The van der Waals surface area contributed by atoms with Crippen molar-refractivity contribution in [2.75, 3.05) is 13.1 Å². The normalized spacial score (nSPS) is 19.3. The highest BCUT2D eigenvalue weighted by Crippen LogP contribution is 2.27. The molecule has 1 fully saturated rings. The molecule has 1 unspecified atom stereocenters. The van der Waals surface area contributed by atoms with Crippen LogP contribution in [0.4, 0.5) is 0 Å². The summed E-state index contributed by atoms with van der Waals surface area (Å²) in [5, 5.41) is 0. The summed E-state index contributed by atoms with van der Waals surface area (Å²) in [5.41, 5.74) is 1.08. The highest BCUT2D eigenvalue weighted by atomic mass is 32.1. The molecule has 0 aromatic carbocycles. The second-order valence-electron chi connectivity index (χ2n) is 5.45. The van der Waals surface area contributed by atoms with Gasteiger partial charge in [0.25, 0.3) is 5.91 Å². The Morgan fingerprint density at radius 3 is 2.95 bits per heavy atom. The van der Waals surface area contributed by atoms with E-state index in [0.29, 0.717) is 5.92 Å². The molecule has 4 nitrogen and oxygen atoms in total. The Kier molecular flexibility index (Phi) is 3.61. The number of aryl methyl sites for hydroxylation is 2. The van der Waals surface area contributed by atoms with Crippen molar-refractivity contribution in [2.24, 2.45) is 0 Å². The van der Waals surface area contributed by atoms with E-state index < -0.39 is 0 Å². The summed E-state index contributed by atoms with van der Waals surface area (Å²) >= 11 is 1.58. The van der Waals surface area contributed by atoms with Crippen molar-refractivity contribution in [3.05, 3.63) is 39.6 Å². The molecule has 0 bridgehead atoms. The van der Waals surface area contributed by atoms with Gasteiger partial charge in [-0.05, 0) is 38.8 Å². The first-order valence-corrected chi connectivity index (χ1v) is 7.82. The van der Waals surface area contributed by atoms with Gasteiger partial charge in [-0.25, -0.2) is 4.98 Å². The van der Waals surface area contributed by atoms with Crippen molar-refractivity contribution < 1.29 is 4.79 Å². The van der Waals surface area contributed by atoms with Gasteiger partial charge < -0.3 is 9.88 Å². The Hall–Kier alpha value is -1.62. The zero-order valence-corrected chi connectivity index (χ0v) is 12.7. The maximum absolute atomic E-state index is 12.5. The molecule has 3 heterocycles. The van der Waals surface area contributed by atoms with Crippen LogP contribution in [0, 0.1) is 13.8 Å². The van der Waals surface area contributed by atoms with Crippen LogP contribution in [0.2, 0.25) is 0 Å². The maximum Gasteiger partial charge on any atom is 0.263 e. The number of nitrogens with zero attached hydrogens (tertiary/aromatic N) is 2. The number of amides is 1. The fourth-order valence-corrected chi connectivity index (χ4v) is 3.57. The van der Waals surface area contributed by atoms with Crippen LogP contribution in [0.5, 0.6) is 0 Å². The summed E-state index contributed by atoms with van der Waals surface area (Å²) in [6.07, 6.45) is 4.00. The number of carbonyl (C=O) groups excluding carboxylic acids is 1. The molecule has 2 aromatic heterocycles. The van der Waals surface area contributed by atoms with E-state index in [2.05, 4.69) is 9.97 Å². The second-order valence-corrected chi connectivity index (χ2v) is 6.74. The van der Waals surface area contributed by atoms with Gasteiger partial charge in [-0.3, -0.25) is 4.79 Å². The molecule has 1 aliphatic heterocycles. The lowest BCUT2D eigenvalue weighted by atomic mass is 9.97. The van der Waals surface area contributed by atoms with Gasteiger partial charge in [-0.15, -0.1) is 11.3 Å². The average molecular weight is 289 g/mol. The Balaban J connectivity index is 1.73. The number of imidazole rings is 1. The SMILES string of the molecule is Cc1cnc(C2CCCN(C(=O)c3ccc(C)s3)C2)[nH]1. The van der Waals surface area contributed by atoms with Crippen molar-refractivity contribution in [1.29, 1.82) is 0 Å². The Bertz CT molecular complexity index is 616. The molecule has 20 heavy (non-hydrogen) atoms. The number of hydrogen-bond acceptors (Lipinski definition) is 3. The van der Waals surface area contributed by atoms with E-state index >= 15 is 0 Å². The van der Waals surface area contributed by atoms with Crippen LogP contribution in [-0.2, 0) is 0 Å². The van der Waals surface area contributed by atoms with E-state index in [9.17, 15) is 4.79 Å². The Morgan fingerprint density at radius 2 is 2.30 bits per heavy atom. The molecule has 2 aromatic rings. The van der Waals surface area contributed by atoms with Crippen molar-refractivity contribution in [2.45, 2.75) is 32.6 Å². The summed E-state index contributed by atoms with van der Waals surface area (Å²) in [7, 11) is 0. The number of likely N-dealkylation sites (tertiary alicyclic amines) is 1. The number of thiophene rings is 1. The van der Waals surface area contributed by atoms with Crippen LogP contribution in [-0.4, -0.2) is 33.9 Å². The minimum atomic E-state index is 0.163. The van der Waals surface area contributed by atoms with Gasteiger partial charge in [-0.2, -0.15) is 0 Å². The maximum atomic E-state index is 12.5. The van der Waals surface area contributed by atoms with E-state index in [1.54, 1.807) is 11.3 Å². The van der Waals surface area contributed by atoms with Gasteiger partial charge in [-0.1, -0.05) is 0 Å². The summed E-state index contributed by atoms with van der Waals surface area (Å²) in [4.78, 5) is 24.2. The molecule has 0 saturated carbocycles. The number of piperidine rings is 1. The van der Waals surface area contributed by atoms with Crippen LogP contribution in [0.1, 0.15) is 44.8 Å². The van der Waals surface area contributed by atoms with E-state index in [1.807, 2.05) is 37.1 Å². The van der Waals surface area contributed by atoms with Crippen LogP contribution < -0.4 is 0 Å². The summed E-state index contributed by atoms with van der Waals surface area (Å²) in [5.74, 6) is 1.51. The molecule has 0 aliphatic carbocycles. The highest BCUT2D eigenvalue weighted by Gasteiger charge is 2.27. The van der Waals surface area contributed by atoms with Crippen LogP contribution >= 0.6 is 11.3 Å². The number of aromatic nitrogens is 2. The first kappa shape index (κ1) is 13.4. The van der Waals surface area contributed by atoms with Crippen molar-refractivity contribution in [3.63, 3.8) is 0 Å². The predicted octanol–water partition coefficient (Wildman–Crippen LogP) is 3.11. The van der Waals surface area contributed by atoms with E-state index in [4.69, 9.17) is 0 Å². The van der Waals surface area contributed by atoms with E-state index in [0.717, 1.165) is 42.3 Å². The quantitative estimate of drug-likeness (QED) is 0.923. The lowest BCUT2D eigenvalue weighted by Gasteiger charge is -2.31. The molecule has 106 valence electrons. The lowest BCUT2D eigenvalue weighted by Crippen LogP contribution is -2.39. The van der Waals surface area contributed by atoms with Crippen LogP contribution in [0.15, 0.2) is 18.3 Å². The number of rotatable bonds is 2. The highest BCUT2D eigenvalue weighted by molar-refractivity contribution is 7.13. The number of aromatic amines is 1. The third kappa shape index (κ3) is 2.63. The first-order chi connectivity index (χ1) is 9.63. The molecule has 1 amide bonds. The number of carbonyl (C=O) groups is 1. The van der Waals surface area contributed by atoms with Gasteiger partial charge in [0.1, 0.15) is 5.82 Å². The molecule has 1 atom stereocenters. The molecule has 1 aliphatic rings. The number of hydrogen-bond donors (Lipinski definition) is 1. The third-order valence-electron chi connectivity index (χ3n) is 3.77. The minimum absolute atomic E-state index is 0.163. The molecular weight excluding hydrogens is 270 g/mol. The third-order valence-corrected chi connectivity index (χ3v) is 4.76. The van der Waals surface area contributed by atoms with Gasteiger partial charge >= 0.3 is 0 Å². The second kappa shape index (κ2) is 5.40. The molecular formula is C15H19N3OS. The largest absolute Gasteiger partial charge is 0.346 e. The van der Waals surface area contributed by atoms with Gasteiger partial charge in [0, 0.05) is 35.8 Å². The van der Waals surface area contributed by atoms with Gasteiger partial charge in [0.2, 0.25) is 0 Å². The monoisotopic (exact) mass is 289 g/mol. The van der Waals surface area contributed by atoms with Gasteiger partial charge in [0.05, 0.1) is 4.88 Å². The van der Waals surface area contributed by atoms with Crippen molar-refractivity contribution >= 4 is 17.2 Å². The predicted molar refractivity (Wildman–Crippen MR) is 80.3 cm³/mol. The molecule has 0 spiro atoms. The van der Waals surface area contributed by atoms with Gasteiger partial charge in [0.15, 0.2) is 0 Å². The number of H-pyrrole nitrogens is 1. The molecule has 3 rings (SSSR count). The Morgan fingerprint density at radius 1 is 1.45 bits per heavy atom. The van der Waals surface area contributed by atoms with Crippen molar-refractivity contribution in [1.82, 2.24) is 14.9 Å². The molecule has 0 radical (unpaired) electrons. The fourth-order valence-electron chi connectivity index (χ4n) is 2.73. The molecule has 1 N–H and O–H groups in total. The molecule has 1 saturated heterocycles.